The van der Waals surface area contributed by atoms with Crippen LogP contribution in [0.4, 0.5) is 0 Å². The molecule has 0 aromatic heterocycles. The van der Waals surface area contributed by atoms with Crippen LogP contribution in [0.25, 0.3) is 0 Å². The molecule has 0 aromatic carbocycles. The summed E-state index contributed by atoms with van der Waals surface area (Å²) in [5.41, 5.74) is 0.704. The van der Waals surface area contributed by atoms with Crippen LogP contribution >= 0.6 is 0 Å². The van der Waals surface area contributed by atoms with E-state index in [-0.39, 0.29) is 0 Å². The maximum absolute atomic E-state index is 9.35. The third-order valence-corrected chi connectivity index (χ3v) is 2.96. The molecule has 0 amide bonds. The summed E-state index contributed by atoms with van der Waals surface area (Å²) in [6.07, 6.45) is 3.44. The highest BCUT2D eigenvalue weighted by Gasteiger charge is 2.24. The molecule has 0 fully saturated rings. The van der Waals surface area contributed by atoms with Crippen molar-refractivity contribution in [1.29, 1.82) is 0 Å². The summed E-state index contributed by atoms with van der Waals surface area (Å²) in [5, 5.41) is 9.35. The lowest BCUT2D eigenvalue weighted by Crippen LogP contribution is -2.23. The van der Waals surface area contributed by atoms with E-state index in [1.165, 1.54) is 6.42 Å². The number of hydrogen-bond acceptors (Lipinski definition) is 1. The van der Waals surface area contributed by atoms with Gasteiger partial charge in [-0.1, -0.05) is 48.0 Å². The van der Waals surface area contributed by atoms with Crippen molar-refractivity contribution in [3.8, 4) is 0 Å². The number of hydrogen-bond donors (Lipinski definition) is 1. The van der Waals surface area contributed by atoms with Crippen LogP contribution in [-0.4, -0.2) is 11.7 Å². The van der Waals surface area contributed by atoms with Crippen molar-refractivity contribution in [2.75, 3.05) is 6.61 Å². The van der Waals surface area contributed by atoms with Crippen LogP contribution in [-0.2, 0) is 0 Å². The van der Waals surface area contributed by atoms with E-state index in [9.17, 15) is 5.11 Å². The second-order valence-electron chi connectivity index (χ2n) is 6.54. The van der Waals surface area contributed by atoms with E-state index in [4.69, 9.17) is 0 Å². The Balaban J connectivity index is 4.17. The van der Waals surface area contributed by atoms with Crippen molar-refractivity contribution in [2.24, 2.45) is 16.7 Å². The topological polar surface area (TPSA) is 20.2 Å². The molecule has 0 heterocycles. The third kappa shape index (κ3) is 6.42. The predicted octanol–water partition coefficient (Wildman–Crippen LogP) is 3.86. The summed E-state index contributed by atoms with van der Waals surface area (Å²) in [7, 11) is 0. The minimum Gasteiger partial charge on any atom is -0.396 e. The van der Waals surface area contributed by atoms with Crippen molar-refractivity contribution in [3.05, 3.63) is 0 Å². The van der Waals surface area contributed by atoms with Gasteiger partial charge in [-0.25, -0.2) is 0 Å². The highest BCUT2D eigenvalue weighted by atomic mass is 16.3. The molecule has 0 saturated carbocycles. The largest absolute Gasteiger partial charge is 0.396 e. The molecular weight excluding hydrogens is 172 g/mol. The summed E-state index contributed by atoms with van der Waals surface area (Å²) < 4.78 is 0. The molecule has 0 spiro atoms. The molecule has 0 aromatic rings. The van der Waals surface area contributed by atoms with Crippen LogP contribution in [0.15, 0.2) is 0 Å². The highest BCUT2D eigenvalue weighted by molar-refractivity contribution is 4.75. The van der Waals surface area contributed by atoms with Gasteiger partial charge in [-0.2, -0.15) is 0 Å². The van der Waals surface area contributed by atoms with E-state index in [2.05, 4.69) is 41.5 Å². The molecular formula is C13H28O. The van der Waals surface area contributed by atoms with Crippen LogP contribution in [0.1, 0.15) is 60.8 Å². The fourth-order valence-electron chi connectivity index (χ4n) is 1.99. The van der Waals surface area contributed by atoms with E-state index >= 15 is 0 Å². The fourth-order valence-corrected chi connectivity index (χ4v) is 1.99. The Morgan fingerprint density at radius 1 is 1.00 bits per heavy atom. The molecule has 1 nitrogen and oxygen atoms in total. The fraction of sp³-hybridized carbons (Fsp3) is 1.00. The van der Waals surface area contributed by atoms with Crippen molar-refractivity contribution >= 4 is 0 Å². The molecule has 86 valence electrons. The Bertz CT molecular complexity index is 153. The standard InChI is InChI=1S/C13H28O/c1-7-13(5,6)9-11(10-14)8-12(2,3)4/h11,14H,7-10H2,1-6H3. The smallest absolute Gasteiger partial charge is 0.0459 e. The molecule has 0 aliphatic heterocycles. The molecule has 0 radical (unpaired) electrons. The first kappa shape index (κ1) is 14.0. The Kier molecular flexibility index (Phi) is 5.14. The Hall–Kier alpha value is -0.0400. The minimum atomic E-state index is 0.331. The summed E-state index contributed by atoms with van der Waals surface area (Å²) in [6, 6.07) is 0. The molecule has 1 atom stereocenters. The van der Waals surface area contributed by atoms with E-state index in [1.807, 2.05) is 0 Å². The quantitative estimate of drug-likeness (QED) is 0.714. The van der Waals surface area contributed by atoms with Crippen LogP contribution in [0.2, 0.25) is 0 Å². The molecule has 0 rings (SSSR count). The van der Waals surface area contributed by atoms with Crippen molar-refractivity contribution in [3.63, 3.8) is 0 Å². The lowest BCUT2D eigenvalue weighted by atomic mass is 9.75. The third-order valence-electron chi connectivity index (χ3n) is 2.96. The van der Waals surface area contributed by atoms with Crippen molar-refractivity contribution in [2.45, 2.75) is 60.8 Å². The first-order chi connectivity index (χ1) is 6.20. The summed E-state index contributed by atoms with van der Waals surface area (Å²) in [6.45, 7) is 13.9. The van der Waals surface area contributed by atoms with E-state index in [0.717, 1.165) is 12.8 Å². The average molecular weight is 200 g/mol. The zero-order valence-electron chi connectivity index (χ0n) is 10.9. The molecule has 1 unspecified atom stereocenters. The van der Waals surface area contributed by atoms with Gasteiger partial charge in [0.1, 0.15) is 0 Å². The maximum Gasteiger partial charge on any atom is 0.0459 e. The second-order valence-corrected chi connectivity index (χ2v) is 6.54. The zero-order chi connectivity index (χ0) is 11.4. The molecule has 14 heavy (non-hydrogen) atoms. The van der Waals surface area contributed by atoms with Crippen LogP contribution < -0.4 is 0 Å². The van der Waals surface area contributed by atoms with Gasteiger partial charge in [0.15, 0.2) is 0 Å². The molecule has 0 saturated heterocycles. The van der Waals surface area contributed by atoms with Gasteiger partial charge in [-0.15, -0.1) is 0 Å². The molecule has 1 N–H and O–H groups in total. The molecule has 1 heteroatoms. The van der Waals surface area contributed by atoms with Gasteiger partial charge in [0.25, 0.3) is 0 Å². The van der Waals surface area contributed by atoms with E-state index in [0.29, 0.717) is 23.4 Å². The average Bonchev–Trinajstić information content (AvgIpc) is 2.00. The maximum atomic E-state index is 9.35. The summed E-state index contributed by atoms with van der Waals surface area (Å²) >= 11 is 0. The Morgan fingerprint density at radius 2 is 1.50 bits per heavy atom. The molecule has 0 bridgehead atoms. The molecule has 0 aliphatic carbocycles. The first-order valence-corrected chi connectivity index (χ1v) is 5.81. The van der Waals surface area contributed by atoms with Crippen molar-refractivity contribution in [1.82, 2.24) is 0 Å². The number of aliphatic hydroxyl groups is 1. The van der Waals surface area contributed by atoms with Crippen LogP contribution in [0.3, 0.4) is 0 Å². The normalized spacial score (nSPS) is 15.6. The summed E-state index contributed by atoms with van der Waals surface area (Å²) in [4.78, 5) is 0. The van der Waals surface area contributed by atoms with Gasteiger partial charge in [0.2, 0.25) is 0 Å². The van der Waals surface area contributed by atoms with Gasteiger partial charge in [0.05, 0.1) is 0 Å². The first-order valence-electron chi connectivity index (χ1n) is 5.81. The van der Waals surface area contributed by atoms with E-state index < -0.39 is 0 Å². The Labute approximate surface area is 89.9 Å². The van der Waals surface area contributed by atoms with Gasteiger partial charge in [-0.05, 0) is 29.6 Å². The number of aliphatic hydroxyl groups excluding tert-OH is 1. The van der Waals surface area contributed by atoms with Gasteiger partial charge in [0, 0.05) is 6.61 Å². The summed E-state index contributed by atoms with van der Waals surface area (Å²) in [5.74, 6) is 0.463. The lowest BCUT2D eigenvalue weighted by molar-refractivity contribution is 0.129. The SMILES string of the molecule is CCC(C)(C)CC(CO)CC(C)(C)C. The second kappa shape index (κ2) is 5.16. The minimum absolute atomic E-state index is 0.331. The van der Waals surface area contributed by atoms with Crippen LogP contribution in [0, 0.1) is 16.7 Å². The Morgan fingerprint density at radius 3 is 1.79 bits per heavy atom. The van der Waals surface area contributed by atoms with Gasteiger partial charge < -0.3 is 5.11 Å². The van der Waals surface area contributed by atoms with Gasteiger partial charge in [-0.3, -0.25) is 0 Å². The number of rotatable bonds is 5. The van der Waals surface area contributed by atoms with Gasteiger partial charge >= 0.3 is 0 Å². The zero-order valence-corrected chi connectivity index (χ0v) is 10.9. The predicted molar refractivity (Wildman–Crippen MR) is 63.3 cm³/mol. The van der Waals surface area contributed by atoms with Crippen molar-refractivity contribution < 1.29 is 5.11 Å². The lowest BCUT2D eigenvalue weighted by Gasteiger charge is -2.31. The van der Waals surface area contributed by atoms with Crippen LogP contribution in [0.5, 0.6) is 0 Å². The highest BCUT2D eigenvalue weighted by Crippen LogP contribution is 2.34. The molecule has 0 aliphatic rings. The van der Waals surface area contributed by atoms with E-state index in [1.54, 1.807) is 0 Å². The monoisotopic (exact) mass is 200 g/mol.